The SMILES string of the molecule is O=Cc1cn(-c2ccccc2)c(-c2ccccc2)n1. The number of nitrogens with zero attached hydrogens (tertiary/aromatic N) is 2. The molecular weight excluding hydrogens is 236 g/mol. The minimum atomic E-state index is 0.433. The Morgan fingerprint density at radius 3 is 2.16 bits per heavy atom. The summed E-state index contributed by atoms with van der Waals surface area (Å²) in [6.07, 6.45) is 2.52. The Morgan fingerprint density at radius 1 is 0.895 bits per heavy atom. The zero-order valence-corrected chi connectivity index (χ0v) is 10.2. The molecule has 2 aromatic carbocycles. The Kier molecular flexibility index (Phi) is 2.94. The van der Waals surface area contributed by atoms with Crippen molar-refractivity contribution in [2.75, 3.05) is 0 Å². The van der Waals surface area contributed by atoms with Crippen LogP contribution in [0.3, 0.4) is 0 Å². The van der Waals surface area contributed by atoms with Gasteiger partial charge in [0.2, 0.25) is 0 Å². The molecule has 3 heteroatoms. The molecule has 0 spiro atoms. The van der Waals surface area contributed by atoms with Gasteiger partial charge >= 0.3 is 0 Å². The van der Waals surface area contributed by atoms with Gasteiger partial charge in [0, 0.05) is 17.4 Å². The maximum atomic E-state index is 11.0. The number of carbonyl (C=O) groups excluding carboxylic acids is 1. The summed E-state index contributed by atoms with van der Waals surface area (Å²) in [5.41, 5.74) is 2.41. The monoisotopic (exact) mass is 248 g/mol. The first-order chi connectivity index (χ1) is 9.38. The third kappa shape index (κ3) is 2.18. The molecule has 1 heterocycles. The molecule has 0 N–H and O–H groups in total. The zero-order chi connectivity index (χ0) is 13.1. The Bertz CT molecular complexity index is 630. The van der Waals surface area contributed by atoms with E-state index in [0.717, 1.165) is 23.4 Å². The Balaban J connectivity index is 2.19. The van der Waals surface area contributed by atoms with Gasteiger partial charge in [0.15, 0.2) is 6.29 Å². The van der Waals surface area contributed by atoms with Gasteiger partial charge in [-0.15, -0.1) is 0 Å². The molecular formula is C16H12N2O. The average molecular weight is 248 g/mol. The Morgan fingerprint density at radius 2 is 1.53 bits per heavy atom. The standard InChI is InChI=1S/C16H12N2O/c19-12-14-11-18(15-9-5-2-6-10-15)16(17-14)13-7-3-1-4-8-13/h1-12H. The van der Waals surface area contributed by atoms with Gasteiger partial charge in [0.05, 0.1) is 0 Å². The van der Waals surface area contributed by atoms with Crippen molar-refractivity contribution in [3.05, 3.63) is 72.6 Å². The summed E-state index contributed by atoms with van der Waals surface area (Å²) in [5.74, 6) is 0.772. The summed E-state index contributed by atoms with van der Waals surface area (Å²) in [6, 6.07) is 19.7. The number of carbonyl (C=O) groups is 1. The Labute approximate surface area is 111 Å². The van der Waals surface area contributed by atoms with E-state index in [1.54, 1.807) is 6.20 Å². The number of hydrogen-bond acceptors (Lipinski definition) is 2. The highest BCUT2D eigenvalue weighted by molar-refractivity contribution is 5.74. The molecule has 0 saturated heterocycles. The summed E-state index contributed by atoms with van der Waals surface area (Å²) >= 11 is 0. The van der Waals surface area contributed by atoms with Crippen molar-refractivity contribution in [3.63, 3.8) is 0 Å². The van der Waals surface area contributed by atoms with Crippen LogP contribution >= 0.6 is 0 Å². The molecule has 1 aromatic heterocycles. The van der Waals surface area contributed by atoms with Crippen molar-refractivity contribution < 1.29 is 4.79 Å². The van der Waals surface area contributed by atoms with Crippen LogP contribution in [0.25, 0.3) is 17.1 Å². The first kappa shape index (κ1) is 11.4. The van der Waals surface area contributed by atoms with E-state index in [4.69, 9.17) is 0 Å². The van der Waals surface area contributed by atoms with Gasteiger partial charge in [-0.25, -0.2) is 4.98 Å². The van der Waals surface area contributed by atoms with Crippen molar-refractivity contribution in [1.82, 2.24) is 9.55 Å². The summed E-state index contributed by atoms with van der Waals surface area (Å²) in [7, 11) is 0. The predicted octanol–water partition coefficient (Wildman–Crippen LogP) is 3.35. The maximum Gasteiger partial charge on any atom is 0.170 e. The van der Waals surface area contributed by atoms with E-state index in [1.807, 2.05) is 65.2 Å². The van der Waals surface area contributed by atoms with Crippen LogP contribution < -0.4 is 0 Å². The quantitative estimate of drug-likeness (QED) is 0.666. The highest BCUT2D eigenvalue weighted by Gasteiger charge is 2.10. The summed E-state index contributed by atoms with van der Waals surface area (Å²) in [4.78, 5) is 15.3. The normalized spacial score (nSPS) is 10.3. The topological polar surface area (TPSA) is 34.9 Å². The van der Waals surface area contributed by atoms with Crippen molar-refractivity contribution in [1.29, 1.82) is 0 Å². The Hall–Kier alpha value is -2.68. The number of aldehydes is 1. The number of aromatic nitrogens is 2. The van der Waals surface area contributed by atoms with E-state index in [1.165, 1.54) is 0 Å². The predicted molar refractivity (Wildman–Crippen MR) is 74.4 cm³/mol. The second kappa shape index (κ2) is 4.90. The van der Waals surface area contributed by atoms with E-state index in [-0.39, 0.29) is 0 Å². The van der Waals surface area contributed by atoms with Crippen LogP contribution in [0.4, 0.5) is 0 Å². The van der Waals surface area contributed by atoms with Gasteiger partial charge in [-0.2, -0.15) is 0 Å². The van der Waals surface area contributed by atoms with Crippen LogP contribution in [-0.2, 0) is 0 Å². The largest absolute Gasteiger partial charge is 0.299 e. The van der Waals surface area contributed by atoms with Gasteiger partial charge in [-0.05, 0) is 12.1 Å². The molecule has 3 aromatic rings. The summed E-state index contributed by atoms with van der Waals surface area (Å²) in [6.45, 7) is 0. The molecule has 0 aliphatic rings. The first-order valence-corrected chi connectivity index (χ1v) is 6.04. The van der Waals surface area contributed by atoms with Crippen LogP contribution in [0.15, 0.2) is 66.9 Å². The third-order valence-corrected chi connectivity index (χ3v) is 2.91. The number of benzene rings is 2. The van der Waals surface area contributed by atoms with Crippen LogP contribution in [0.2, 0.25) is 0 Å². The van der Waals surface area contributed by atoms with Crippen LogP contribution in [-0.4, -0.2) is 15.8 Å². The fourth-order valence-corrected chi connectivity index (χ4v) is 2.03. The molecule has 0 aliphatic carbocycles. The molecule has 0 bridgehead atoms. The minimum Gasteiger partial charge on any atom is -0.299 e. The molecule has 0 aliphatic heterocycles. The lowest BCUT2D eigenvalue weighted by Crippen LogP contribution is -1.95. The van der Waals surface area contributed by atoms with Gasteiger partial charge < -0.3 is 0 Å². The lowest BCUT2D eigenvalue weighted by molar-refractivity contribution is 0.111. The fourth-order valence-electron chi connectivity index (χ4n) is 2.03. The van der Waals surface area contributed by atoms with Crippen molar-refractivity contribution in [3.8, 4) is 17.1 Å². The van der Waals surface area contributed by atoms with Crippen molar-refractivity contribution in [2.45, 2.75) is 0 Å². The second-order valence-corrected chi connectivity index (χ2v) is 4.18. The van der Waals surface area contributed by atoms with Crippen molar-refractivity contribution >= 4 is 6.29 Å². The van der Waals surface area contributed by atoms with E-state index in [2.05, 4.69) is 4.98 Å². The average Bonchev–Trinajstić information content (AvgIpc) is 2.93. The lowest BCUT2D eigenvalue weighted by atomic mass is 10.2. The van der Waals surface area contributed by atoms with Crippen LogP contribution in [0.1, 0.15) is 10.5 Å². The van der Waals surface area contributed by atoms with E-state index >= 15 is 0 Å². The second-order valence-electron chi connectivity index (χ2n) is 4.18. The van der Waals surface area contributed by atoms with Crippen molar-refractivity contribution in [2.24, 2.45) is 0 Å². The number of rotatable bonds is 3. The van der Waals surface area contributed by atoms with Gasteiger partial charge in [-0.1, -0.05) is 48.5 Å². The van der Waals surface area contributed by atoms with Gasteiger partial charge in [0.25, 0.3) is 0 Å². The van der Waals surface area contributed by atoms with E-state index in [9.17, 15) is 4.79 Å². The fraction of sp³-hybridized carbons (Fsp3) is 0. The molecule has 0 saturated carbocycles. The molecule has 0 atom stereocenters. The molecule has 3 rings (SSSR count). The molecule has 0 radical (unpaired) electrons. The van der Waals surface area contributed by atoms with E-state index in [0.29, 0.717) is 5.69 Å². The van der Waals surface area contributed by atoms with Gasteiger partial charge in [0.1, 0.15) is 11.5 Å². The summed E-state index contributed by atoms with van der Waals surface area (Å²) in [5, 5.41) is 0. The maximum absolute atomic E-state index is 11.0. The number of imidazole rings is 1. The molecule has 19 heavy (non-hydrogen) atoms. The zero-order valence-electron chi connectivity index (χ0n) is 10.2. The summed E-state index contributed by atoms with van der Waals surface area (Å²) < 4.78 is 1.93. The molecule has 92 valence electrons. The molecule has 0 amide bonds. The highest BCUT2D eigenvalue weighted by atomic mass is 16.1. The lowest BCUT2D eigenvalue weighted by Gasteiger charge is -2.07. The minimum absolute atomic E-state index is 0.433. The molecule has 0 fully saturated rings. The number of para-hydroxylation sites is 1. The molecule has 0 unspecified atom stereocenters. The van der Waals surface area contributed by atoms with Crippen LogP contribution in [0.5, 0.6) is 0 Å². The van der Waals surface area contributed by atoms with E-state index < -0.39 is 0 Å². The third-order valence-electron chi connectivity index (χ3n) is 2.91. The number of hydrogen-bond donors (Lipinski definition) is 0. The highest BCUT2D eigenvalue weighted by Crippen LogP contribution is 2.22. The van der Waals surface area contributed by atoms with Gasteiger partial charge in [-0.3, -0.25) is 9.36 Å². The molecule has 3 nitrogen and oxygen atoms in total. The van der Waals surface area contributed by atoms with Crippen LogP contribution in [0, 0.1) is 0 Å². The first-order valence-electron chi connectivity index (χ1n) is 6.04. The smallest absolute Gasteiger partial charge is 0.170 e.